The monoisotopic (exact) mass is 442 g/mol. The number of aryl methyl sites for hydroxylation is 1. The van der Waals surface area contributed by atoms with Crippen LogP contribution in [0.1, 0.15) is 35.6 Å². The maximum Gasteiger partial charge on any atom is 0.258 e. The van der Waals surface area contributed by atoms with Crippen molar-refractivity contribution in [3.8, 4) is 0 Å². The first-order valence-corrected chi connectivity index (χ1v) is 10.1. The van der Waals surface area contributed by atoms with E-state index < -0.39 is 0 Å². The molecule has 0 aliphatic rings. The Morgan fingerprint density at radius 2 is 1.80 bits per heavy atom. The SMILES string of the molecule is CC.Cc1nn(Cc2cnccn2)c2ncc(C(=O)Nc3ccc(Cl)cc3)c(Cl)c12. The average molecular weight is 443 g/mol. The lowest BCUT2D eigenvalue weighted by molar-refractivity contribution is 0.102. The van der Waals surface area contributed by atoms with E-state index in [-0.39, 0.29) is 11.5 Å². The van der Waals surface area contributed by atoms with Gasteiger partial charge in [0.15, 0.2) is 5.65 Å². The summed E-state index contributed by atoms with van der Waals surface area (Å²) in [6.07, 6.45) is 6.34. The molecule has 1 aromatic carbocycles. The predicted octanol–water partition coefficient (Wildman–Crippen LogP) is 5.16. The first-order valence-electron chi connectivity index (χ1n) is 9.36. The number of nitrogens with zero attached hydrogens (tertiary/aromatic N) is 5. The summed E-state index contributed by atoms with van der Waals surface area (Å²) in [5, 5.41) is 8.81. The van der Waals surface area contributed by atoms with Crippen molar-refractivity contribution >= 4 is 45.8 Å². The molecule has 1 N–H and O–H groups in total. The van der Waals surface area contributed by atoms with E-state index in [1.165, 1.54) is 6.20 Å². The van der Waals surface area contributed by atoms with Crippen LogP contribution >= 0.6 is 23.2 Å². The van der Waals surface area contributed by atoms with Crippen LogP contribution in [0.3, 0.4) is 0 Å². The Morgan fingerprint density at radius 1 is 1.07 bits per heavy atom. The fourth-order valence-electron chi connectivity index (χ4n) is 2.84. The van der Waals surface area contributed by atoms with Gasteiger partial charge in [-0.3, -0.25) is 14.8 Å². The van der Waals surface area contributed by atoms with E-state index in [0.717, 1.165) is 5.69 Å². The lowest BCUT2D eigenvalue weighted by Gasteiger charge is -2.08. The highest BCUT2D eigenvalue weighted by Crippen LogP contribution is 2.29. The Morgan fingerprint density at radius 3 is 2.47 bits per heavy atom. The third-order valence-corrected chi connectivity index (χ3v) is 4.79. The Kier molecular flexibility index (Phi) is 6.97. The van der Waals surface area contributed by atoms with Gasteiger partial charge in [0.05, 0.1) is 40.1 Å². The molecule has 154 valence electrons. The summed E-state index contributed by atoms with van der Waals surface area (Å²) in [6.45, 7) is 6.22. The zero-order valence-electron chi connectivity index (χ0n) is 16.7. The molecular formula is C21H20Cl2N6O. The van der Waals surface area contributed by atoms with Gasteiger partial charge in [0.2, 0.25) is 0 Å². The summed E-state index contributed by atoms with van der Waals surface area (Å²) < 4.78 is 1.70. The number of carbonyl (C=O) groups is 1. The molecule has 0 unspecified atom stereocenters. The van der Waals surface area contributed by atoms with Crippen LogP contribution in [0.25, 0.3) is 11.0 Å². The Bertz CT molecular complexity index is 1160. The molecule has 0 aliphatic carbocycles. The number of pyridine rings is 1. The van der Waals surface area contributed by atoms with Crippen LogP contribution in [0.4, 0.5) is 5.69 Å². The zero-order valence-corrected chi connectivity index (χ0v) is 18.2. The molecule has 9 heteroatoms. The fourth-order valence-corrected chi connectivity index (χ4v) is 3.32. The standard InChI is InChI=1S/C19H14Cl2N6O.C2H6/c1-11-16-17(21)15(19(28)25-13-4-2-12(20)3-5-13)9-24-18(16)27(26-11)10-14-8-22-6-7-23-14;1-2/h2-9H,10H2,1H3,(H,25,28);1-2H3. The third-order valence-electron chi connectivity index (χ3n) is 4.15. The van der Waals surface area contributed by atoms with Crippen molar-refractivity contribution in [1.82, 2.24) is 24.7 Å². The largest absolute Gasteiger partial charge is 0.322 e. The number of benzene rings is 1. The van der Waals surface area contributed by atoms with Gasteiger partial charge in [0, 0.05) is 29.3 Å². The summed E-state index contributed by atoms with van der Waals surface area (Å²) in [7, 11) is 0. The van der Waals surface area contributed by atoms with E-state index >= 15 is 0 Å². The molecule has 0 aliphatic heterocycles. The maximum atomic E-state index is 12.7. The zero-order chi connectivity index (χ0) is 21.7. The van der Waals surface area contributed by atoms with Gasteiger partial charge in [-0.25, -0.2) is 9.67 Å². The quantitative estimate of drug-likeness (QED) is 0.471. The minimum atomic E-state index is -0.359. The maximum absolute atomic E-state index is 12.7. The van der Waals surface area contributed by atoms with E-state index in [4.69, 9.17) is 23.2 Å². The number of nitrogens with one attached hydrogen (secondary N) is 1. The van der Waals surface area contributed by atoms with Crippen LogP contribution in [0.2, 0.25) is 10.0 Å². The summed E-state index contributed by atoms with van der Waals surface area (Å²) in [4.78, 5) is 25.4. The van der Waals surface area contributed by atoms with E-state index in [1.54, 1.807) is 47.5 Å². The molecule has 0 saturated heterocycles. The fraction of sp³-hybridized carbons (Fsp3) is 0.190. The number of rotatable bonds is 4. The first kappa shape index (κ1) is 21.7. The lowest BCUT2D eigenvalue weighted by atomic mass is 10.2. The highest BCUT2D eigenvalue weighted by atomic mass is 35.5. The van der Waals surface area contributed by atoms with E-state index in [0.29, 0.717) is 39.0 Å². The second-order valence-electron chi connectivity index (χ2n) is 6.09. The molecule has 30 heavy (non-hydrogen) atoms. The average Bonchev–Trinajstić information content (AvgIpc) is 3.08. The second kappa shape index (κ2) is 9.65. The van der Waals surface area contributed by atoms with Gasteiger partial charge < -0.3 is 5.32 Å². The van der Waals surface area contributed by atoms with Gasteiger partial charge in [0.25, 0.3) is 5.91 Å². The molecule has 0 radical (unpaired) electrons. The summed E-state index contributed by atoms with van der Waals surface area (Å²) in [5.74, 6) is -0.359. The first-order chi connectivity index (χ1) is 14.5. The number of fused-ring (bicyclic) bond motifs is 1. The van der Waals surface area contributed by atoms with E-state index in [9.17, 15) is 4.79 Å². The van der Waals surface area contributed by atoms with Gasteiger partial charge in [-0.05, 0) is 31.2 Å². The molecule has 7 nitrogen and oxygen atoms in total. The Hall–Kier alpha value is -3.03. The van der Waals surface area contributed by atoms with Crippen molar-refractivity contribution in [3.63, 3.8) is 0 Å². The van der Waals surface area contributed by atoms with Crippen molar-refractivity contribution in [2.75, 3.05) is 5.32 Å². The molecule has 3 heterocycles. The van der Waals surface area contributed by atoms with Gasteiger partial charge in [-0.2, -0.15) is 5.10 Å². The molecule has 0 bridgehead atoms. The minimum absolute atomic E-state index is 0.270. The normalized spacial score (nSPS) is 10.4. The molecular weight excluding hydrogens is 423 g/mol. The summed E-state index contributed by atoms with van der Waals surface area (Å²) in [6, 6.07) is 6.82. The number of anilines is 1. The number of hydrogen-bond acceptors (Lipinski definition) is 5. The minimum Gasteiger partial charge on any atom is -0.322 e. The molecule has 0 fully saturated rings. The van der Waals surface area contributed by atoms with E-state index in [1.807, 2.05) is 20.8 Å². The number of carbonyl (C=O) groups excluding carboxylic acids is 1. The van der Waals surface area contributed by atoms with Crippen molar-refractivity contribution in [3.05, 3.63) is 76.0 Å². The highest BCUT2D eigenvalue weighted by Gasteiger charge is 2.19. The Balaban J connectivity index is 0.00000124. The van der Waals surface area contributed by atoms with Gasteiger partial charge in [-0.15, -0.1) is 0 Å². The van der Waals surface area contributed by atoms with Gasteiger partial charge in [0.1, 0.15) is 0 Å². The van der Waals surface area contributed by atoms with Crippen LogP contribution < -0.4 is 5.32 Å². The molecule has 4 rings (SSSR count). The number of aromatic nitrogens is 5. The molecule has 4 aromatic rings. The Labute approximate surface area is 184 Å². The molecule has 0 atom stereocenters. The van der Waals surface area contributed by atoms with Crippen LogP contribution in [-0.2, 0) is 6.54 Å². The summed E-state index contributed by atoms with van der Waals surface area (Å²) in [5.41, 5.74) is 2.88. The van der Waals surface area contributed by atoms with Gasteiger partial charge in [-0.1, -0.05) is 37.0 Å². The highest BCUT2D eigenvalue weighted by molar-refractivity contribution is 6.39. The smallest absolute Gasteiger partial charge is 0.258 e. The molecule has 0 saturated carbocycles. The van der Waals surface area contributed by atoms with E-state index in [2.05, 4.69) is 25.4 Å². The second-order valence-corrected chi connectivity index (χ2v) is 6.90. The lowest BCUT2D eigenvalue weighted by Crippen LogP contribution is -2.13. The number of hydrogen-bond donors (Lipinski definition) is 1. The van der Waals surface area contributed by atoms with Crippen LogP contribution in [-0.4, -0.2) is 30.6 Å². The third kappa shape index (κ3) is 4.58. The van der Waals surface area contributed by atoms with Crippen LogP contribution in [0.5, 0.6) is 0 Å². The molecule has 1 amide bonds. The van der Waals surface area contributed by atoms with Crippen molar-refractivity contribution < 1.29 is 4.79 Å². The predicted molar refractivity (Wildman–Crippen MR) is 119 cm³/mol. The van der Waals surface area contributed by atoms with Crippen molar-refractivity contribution in [2.24, 2.45) is 0 Å². The van der Waals surface area contributed by atoms with Gasteiger partial charge >= 0.3 is 0 Å². The van der Waals surface area contributed by atoms with Crippen molar-refractivity contribution in [2.45, 2.75) is 27.3 Å². The van der Waals surface area contributed by atoms with Crippen LogP contribution in [0, 0.1) is 6.92 Å². The molecule has 3 aromatic heterocycles. The summed E-state index contributed by atoms with van der Waals surface area (Å²) >= 11 is 12.4. The molecule has 0 spiro atoms. The number of halogens is 2. The van der Waals surface area contributed by atoms with Crippen molar-refractivity contribution in [1.29, 1.82) is 0 Å². The van der Waals surface area contributed by atoms with Crippen LogP contribution in [0.15, 0.2) is 49.1 Å². The number of amides is 1. The topological polar surface area (TPSA) is 85.6 Å².